The standard InChI is InChI=1S/C13H15BrFNO2/c14-8-4-3-5-9(15)12(8)13(18)16-10-6-1-2-7-11(10)17/h3-5,10-11,17H,1-2,6-7H2,(H,16,18)/t10-,11-/m1/s1. The van der Waals surface area contributed by atoms with Gasteiger partial charge in [-0.05, 0) is 40.9 Å². The summed E-state index contributed by atoms with van der Waals surface area (Å²) >= 11 is 3.16. The van der Waals surface area contributed by atoms with Gasteiger partial charge in [-0.1, -0.05) is 18.9 Å². The molecule has 98 valence electrons. The molecule has 0 radical (unpaired) electrons. The molecule has 5 heteroatoms. The Morgan fingerprint density at radius 2 is 2.11 bits per heavy atom. The first-order chi connectivity index (χ1) is 8.59. The van der Waals surface area contributed by atoms with Crippen LogP contribution in [-0.4, -0.2) is 23.2 Å². The zero-order chi connectivity index (χ0) is 13.1. The highest BCUT2D eigenvalue weighted by Gasteiger charge is 2.26. The molecule has 1 aromatic rings. The van der Waals surface area contributed by atoms with Crippen molar-refractivity contribution in [1.82, 2.24) is 5.32 Å². The van der Waals surface area contributed by atoms with Crippen molar-refractivity contribution < 1.29 is 14.3 Å². The van der Waals surface area contributed by atoms with E-state index in [-0.39, 0.29) is 11.6 Å². The Labute approximate surface area is 114 Å². The molecular formula is C13H15BrFNO2. The molecule has 2 N–H and O–H groups in total. The molecule has 0 spiro atoms. The van der Waals surface area contributed by atoms with Crippen molar-refractivity contribution >= 4 is 21.8 Å². The molecule has 1 amide bonds. The predicted octanol–water partition coefficient (Wildman–Crippen LogP) is 2.62. The van der Waals surface area contributed by atoms with E-state index < -0.39 is 17.8 Å². The topological polar surface area (TPSA) is 49.3 Å². The van der Waals surface area contributed by atoms with Crippen LogP contribution in [0, 0.1) is 5.82 Å². The summed E-state index contributed by atoms with van der Waals surface area (Å²) in [6.45, 7) is 0. The van der Waals surface area contributed by atoms with Crippen LogP contribution in [0.3, 0.4) is 0 Å². The van der Waals surface area contributed by atoms with E-state index in [1.807, 2.05) is 0 Å². The van der Waals surface area contributed by atoms with Crippen molar-refractivity contribution in [2.45, 2.75) is 37.8 Å². The molecule has 0 saturated heterocycles. The quantitative estimate of drug-likeness (QED) is 0.881. The van der Waals surface area contributed by atoms with Gasteiger partial charge in [0.05, 0.1) is 17.7 Å². The molecule has 0 heterocycles. The third-order valence-corrected chi connectivity index (χ3v) is 3.90. The summed E-state index contributed by atoms with van der Waals surface area (Å²) in [5.74, 6) is -1.04. The highest BCUT2D eigenvalue weighted by atomic mass is 79.9. The van der Waals surface area contributed by atoms with E-state index in [4.69, 9.17) is 0 Å². The Kier molecular flexibility index (Phi) is 4.35. The molecule has 0 aromatic heterocycles. The maximum absolute atomic E-state index is 13.6. The average Bonchev–Trinajstić information content (AvgIpc) is 2.32. The lowest BCUT2D eigenvalue weighted by atomic mass is 9.92. The van der Waals surface area contributed by atoms with Gasteiger partial charge < -0.3 is 10.4 Å². The van der Waals surface area contributed by atoms with Crippen LogP contribution in [0.2, 0.25) is 0 Å². The van der Waals surface area contributed by atoms with Gasteiger partial charge in [0.2, 0.25) is 0 Å². The van der Waals surface area contributed by atoms with E-state index in [0.717, 1.165) is 19.3 Å². The normalized spacial score (nSPS) is 23.7. The van der Waals surface area contributed by atoms with Crippen molar-refractivity contribution in [1.29, 1.82) is 0 Å². The minimum atomic E-state index is -0.563. The van der Waals surface area contributed by atoms with Crippen LogP contribution in [0.4, 0.5) is 4.39 Å². The Morgan fingerprint density at radius 3 is 2.78 bits per heavy atom. The summed E-state index contributed by atoms with van der Waals surface area (Å²) in [4.78, 5) is 12.0. The van der Waals surface area contributed by atoms with Crippen molar-refractivity contribution in [2.75, 3.05) is 0 Å². The molecule has 2 atom stereocenters. The van der Waals surface area contributed by atoms with Crippen molar-refractivity contribution in [2.24, 2.45) is 0 Å². The summed E-state index contributed by atoms with van der Waals surface area (Å²) in [6.07, 6.45) is 2.83. The molecule has 1 aromatic carbocycles. The van der Waals surface area contributed by atoms with Gasteiger partial charge in [0.25, 0.3) is 5.91 Å². The van der Waals surface area contributed by atoms with E-state index in [1.165, 1.54) is 12.1 Å². The molecule has 18 heavy (non-hydrogen) atoms. The number of benzene rings is 1. The molecule has 3 nitrogen and oxygen atoms in total. The SMILES string of the molecule is O=C(N[C@@H]1CCCC[C@H]1O)c1c(F)cccc1Br. The number of halogens is 2. The molecule has 1 fully saturated rings. The molecule has 0 bridgehead atoms. The van der Waals surface area contributed by atoms with E-state index in [0.29, 0.717) is 10.9 Å². The number of hydrogen-bond donors (Lipinski definition) is 2. The highest BCUT2D eigenvalue weighted by Crippen LogP contribution is 2.22. The van der Waals surface area contributed by atoms with E-state index in [1.54, 1.807) is 6.07 Å². The molecular weight excluding hydrogens is 301 g/mol. The molecule has 0 aliphatic heterocycles. The molecule has 0 unspecified atom stereocenters. The van der Waals surface area contributed by atoms with E-state index in [9.17, 15) is 14.3 Å². The lowest BCUT2D eigenvalue weighted by Crippen LogP contribution is -2.45. The van der Waals surface area contributed by atoms with Gasteiger partial charge in [0.1, 0.15) is 5.82 Å². The third-order valence-electron chi connectivity index (χ3n) is 3.24. The number of aliphatic hydroxyl groups is 1. The van der Waals surface area contributed by atoms with Gasteiger partial charge in [-0.15, -0.1) is 0 Å². The number of hydrogen-bond acceptors (Lipinski definition) is 2. The summed E-state index contributed by atoms with van der Waals surface area (Å²) in [5, 5.41) is 12.5. The van der Waals surface area contributed by atoms with E-state index >= 15 is 0 Å². The van der Waals surface area contributed by atoms with Crippen LogP contribution in [-0.2, 0) is 0 Å². The van der Waals surface area contributed by atoms with E-state index in [2.05, 4.69) is 21.2 Å². The molecule has 1 aliphatic carbocycles. The van der Waals surface area contributed by atoms with Crippen molar-refractivity contribution in [3.05, 3.63) is 34.1 Å². The van der Waals surface area contributed by atoms with Crippen molar-refractivity contribution in [3.8, 4) is 0 Å². The monoisotopic (exact) mass is 315 g/mol. The summed E-state index contributed by atoms with van der Waals surface area (Å²) in [6, 6.07) is 4.12. The van der Waals surface area contributed by atoms with Crippen LogP contribution in [0.5, 0.6) is 0 Å². The first-order valence-electron chi connectivity index (χ1n) is 6.02. The smallest absolute Gasteiger partial charge is 0.255 e. The number of amides is 1. The highest BCUT2D eigenvalue weighted by molar-refractivity contribution is 9.10. The summed E-state index contributed by atoms with van der Waals surface area (Å²) in [7, 11) is 0. The zero-order valence-electron chi connectivity index (χ0n) is 9.83. The fourth-order valence-corrected chi connectivity index (χ4v) is 2.76. The van der Waals surface area contributed by atoms with Crippen LogP contribution in [0.1, 0.15) is 36.0 Å². The van der Waals surface area contributed by atoms with Crippen LogP contribution in [0.25, 0.3) is 0 Å². The predicted molar refractivity (Wildman–Crippen MR) is 69.8 cm³/mol. The second-order valence-corrected chi connectivity index (χ2v) is 5.38. The molecule has 1 saturated carbocycles. The van der Waals surface area contributed by atoms with Gasteiger partial charge in [0.15, 0.2) is 0 Å². The lowest BCUT2D eigenvalue weighted by molar-refractivity contribution is 0.0714. The van der Waals surface area contributed by atoms with Gasteiger partial charge in [-0.3, -0.25) is 4.79 Å². The number of carbonyl (C=O) groups is 1. The first kappa shape index (κ1) is 13.5. The second-order valence-electron chi connectivity index (χ2n) is 4.53. The third kappa shape index (κ3) is 2.90. The number of rotatable bonds is 2. The first-order valence-corrected chi connectivity index (χ1v) is 6.82. The van der Waals surface area contributed by atoms with Gasteiger partial charge in [-0.25, -0.2) is 4.39 Å². The maximum Gasteiger partial charge on any atom is 0.255 e. The molecule has 1 aliphatic rings. The second kappa shape index (κ2) is 5.80. The van der Waals surface area contributed by atoms with Crippen LogP contribution < -0.4 is 5.32 Å². The van der Waals surface area contributed by atoms with Gasteiger partial charge in [0, 0.05) is 4.47 Å². The minimum absolute atomic E-state index is 0.00438. The van der Waals surface area contributed by atoms with Crippen LogP contribution >= 0.6 is 15.9 Å². The largest absolute Gasteiger partial charge is 0.391 e. The fourth-order valence-electron chi connectivity index (χ4n) is 2.23. The van der Waals surface area contributed by atoms with Gasteiger partial charge >= 0.3 is 0 Å². The Morgan fingerprint density at radius 1 is 1.39 bits per heavy atom. The Bertz CT molecular complexity index is 432. The fraction of sp³-hybridized carbons (Fsp3) is 0.462. The summed E-state index contributed by atoms with van der Waals surface area (Å²) in [5.41, 5.74) is -0.00438. The minimum Gasteiger partial charge on any atom is -0.391 e. The van der Waals surface area contributed by atoms with Crippen molar-refractivity contribution in [3.63, 3.8) is 0 Å². The Hall–Kier alpha value is -0.940. The zero-order valence-corrected chi connectivity index (χ0v) is 11.4. The molecule has 2 rings (SSSR count). The number of aliphatic hydroxyl groups excluding tert-OH is 1. The summed E-state index contributed by atoms with van der Waals surface area (Å²) < 4.78 is 14.0. The van der Waals surface area contributed by atoms with Crippen LogP contribution in [0.15, 0.2) is 22.7 Å². The average molecular weight is 316 g/mol. The van der Waals surface area contributed by atoms with Gasteiger partial charge in [-0.2, -0.15) is 0 Å². The Balaban J connectivity index is 2.12. The number of nitrogens with one attached hydrogen (secondary N) is 1. The lowest BCUT2D eigenvalue weighted by Gasteiger charge is -2.28. The number of carbonyl (C=O) groups excluding carboxylic acids is 1. The maximum atomic E-state index is 13.6.